The van der Waals surface area contributed by atoms with Crippen molar-refractivity contribution in [3.63, 3.8) is 0 Å². The Kier molecular flexibility index (Phi) is 7.00. The molecule has 2 aromatic rings. The van der Waals surface area contributed by atoms with Crippen molar-refractivity contribution >= 4 is 0 Å². The number of hydrogen-bond acceptors (Lipinski definition) is 3. The molecule has 1 saturated heterocycles. The summed E-state index contributed by atoms with van der Waals surface area (Å²) in [4.78, 5) is 0. The molecule has 3 nitrogen and oxygen atoms in total. The number of methoxy groups -OCH3 is 1. The molecule has 0 N–H and O–H groups in total. The van der Waals surface area contributed by atoms with Crippen LogP contribution in [0, 0.1) is 23.4 Å². The molecule has 158 valence electrons. The van der Waals surface area contributed by atoms with Gasteiger partial charge in [0.05, 0.1) is 19.8 Å². The molecular formula is C22H24F4O3. The van der Waals surface area contributed by atoms with Crippen molar-refractivity contribution < 1.29 is 31.8 Å². The lowest BCUT2D eigenvalue weighted by Gasteiger charge is -2.27. The van der Waals surface area contributed by atoms with E-state index < -0.39 is 23.6 Å². The van der Waals surface area contributed by atoms with Crippen molar-refractivity contribution in [2.24, 2.45) is 5.92 Å². The number of halogens is 4. The molecule has 0 spiro atoms. The first-order chi connectivity index (χ1) is 13.9. The van der Waals surface area contributed by atoms with Crippen molar-refractivity contribution in [3.8, 4) is 11.5 Å². The van der Waals surface area contributed by atoms with Crippen LogP contribution in [0.15, 0.2) is 30.3 Å². The molecule has 3 atom stereocenters. The molecule has 1 fully saturated rings. The van der Waals surface area contributed by atoms with Gasteiger partial charge in [0.1, 0.15) is 12.0 Å². The molecule has 0 aliphatic carbocycles. The van der Waals surface area contributed by atoms with Crippen LogP contribution in [0.25, 0.3) is 0 Å². The van der Waals surface area contributed by atoms with Crippen molar-refractivity contribution in [2.75, 3.05) is 20.3 Å². The monoisotopic (exact) mass is 412 g/mol. The zero-order chi connectivity index (χ0) is 21.0. The smallest absolute Gasteiger partial charge is 0.204 e. The van der Waals surface area contributed by atoms with E-state index in [0.29, 0.717) is 18.1 Å². The summed E-state index contributed by atoms with van der Waals surface area (Å²) in [5.74, 6) is -3.17. The predicted molar refractivity (Wildman–Crippen MR) is 100 cm³/mol. The van der Waals surface area contributed by atoms with Crippen LogP contribution in [-0.4, -0.2) is 20.3 Å². The third kappa shape index (κ3) is 5.01. The molecule has 7 heteroatoms. The van der Waals surface area contributed by atoms with Crippen LogP contribution in [0.2, 0.25) is 0 Å². The summed E-state index contributed by atoms with van der Waals surface area (Å²) in [5, 5.41) is 0. The highest BCUT2D eigenvalue weighted by Gasteiger charge is 2.23. The zero-order valence-electron chi connectivity index (χ0n) is 16.4. The molecule has 2 aromatic carbocycles. The van der Waals surface area contributed by atoms with Crippen molar-refractivity contribution in [3.05, 3.63) is 58.9 Å². The van der Waals surface area contributed by atoms with Gasteiger partial charge in [-0.2, -0.15) is 8.78 Å². The first-order valence-corrected chi connectivity index (χ1v) is 9.60. The van der Waals surface area contributed by atoms with Crippen LogP contribution in [0.1, 0.15) is 49.6 Å². The molecule has 3 unspecified atom stereocenters. The molecular weight excluding hydrogens is 388 g/mol. The number of rotatable bonds is 7. The van der Waals surface area contributed by atoms with E-state index in [9.17, 15) is 17.6 Å². The predicted octanol–water partition coefficient (Wildman–Crippen LogP) is 6.08. The first-order valence-electron chi connectivity index (χ1n) is 9.60. The van der Waals surface area contributed by atoms with Crippen molar-refractivity contribution in [2.45, 2.75) is 38.5 Å². The van der Waals surface area contributed by atoms with E-state index in [0.717, 1.165) is 12.8 Å². The molecule has 0 bridgehead atoms. The molecule has 0 saturated carbocycles. The fraction of sp³-hybridized carbons (Fsp3) is 0.455. The van der Waals surface area contributed by atoms with Crippen LogP contribution in [0.3, 0.4) is 0 Å². The summed E-state index contributed by atoms with van der Waals surface area (Å²) in [6.45, 7) is 2.48. The maximum absolute atomic E-state index is 14.5. The van der Waals surface area contributed by atoms with E-state index in [1.165, 1.54) is 31.4 Å². The summed E-state index contributed by atoms with van der Waals surface area (Å²) in [7, 11) is 1.22. The van der Waals surface area contributed by atoms with Gasteiger partial charge in [-0.05, 0) is 42.5 Å². The summed E-state index contributed by atoms with van der Waals surface area (Å²) in [6.07, 6.45) is -0.219. The highest BCUT2D eigenvalue weighted by Crippen LogP contribution is 2.33. The van der Waals surface area contributed by atoms with E-state index in [-0.39, 0.29) is 36.2 Å². The Labute approximate surface area is 167 Å². The average Bonchev–Trinajstić information content (AvgIpc) is 2.71. The van der Waals surface area contributed by atoms with Crippen LogP contribution < -0.4 is 9.47 Å². The lowest BCUT2D eigenvalue weighted by Crippen LogP contribution is -2.18. The quantitative estimate of drug-likeness (QED) is 0.516. The summed E-state index contributed by atoms with van der Waals surface area (Å²) in [5.41, 5.74) is 0.597. The fourth-order valence-corrected chi connectivity index (χ4v) is 3.35. The van der Waals surface area contributed by atoms with Crippen LogP contribution in [0.4, 0.5) is 17.6 Å². The van der Waals surface area contributed by atoms with Gasteiger partial charge < -0.3 is 14.2 Å². The van der Waals surface area contributed by atoms with Gasteiger partial charge in [0, 0.05) is 18.6 Å². The van der Waals surface area contributed by atoms with Gasteiger partial charge in [-0.1, -0.05) is 19.1 Å². The number of ether oxygens (including phenoxy) is 3. The molecule has 1 heterocycles. The van der Waals surface area contributed by atoms with Gasteiger partial charge in [0.2, 0.25) is 11.6 Å². The lowest BCUT2D eigenvalue weighted by atomic mass is 9.94. The Hall–Kier alpha value is -2.28. The Morgan fingerprint density at radius 3 is 2.45 bits per heavy atom. The van der Waals surface area contributed by atoms with E-state index in [1.807, 2.05) is 0 Å². The fourth-order valence-electron chi connectivity index (χ4n) is 3.35. The lowest BCUT2D eigenvalue weighted by molar-refractivity contribution is -0.0125. The number of hydrogen-bond donors (Lipinski definition) is 0. The molecule has 29 heavy (non-hydrogen) atoms. The summed E-state index contributed by atoms with van der Waals surface area (Å²) < 4.78 is 72.0. The largest absolute Gasteiger partial charge is 0.494 e. The molecule has 0 amide bonds. The van der Waals surface area contributed by atoms with E-state index in [4.69, 9.17) is 9.47 Å². The molecule has 3 rings (SSSR count). The van der Waals surface area contributed by atoms with Gasteiger partial charge in [-0.15, -0.1) is 0 Å². The second kappa shape index (κ2) is 9.48. The Bertz CT molecular complexity index is 835. The minimum absolute atomic E-state index is 0.0945. The first kappa shape index (κ1) is 21.4. The normalized spacial score (nSPS) is 20.3. The Morgan fingerprint density at radius 1 is 1.07 bits per heavy atom. The molecule has 1 aliphatic rings. The third-order valence-electron chi connectivity index (χ3n) is 5.10. The summed E-state index contributed by atoms with van der Waals surface area (Å²) in [6, 6.07) is 6.80. The zero-order valence-corrected chi connectivity index (χ0v) is 16.4. The average molecular weight is 412 g/mol. The molecule has 0 radical (unpaired) electrons. The van der Waals surface area contributed by atoms with Gasteiger partial charge in [0.15, 0.2) is 11.5 Å². The Balaban J connectivity index is 1.58. The van der Waals surface area contributed by atoms with E-state index >= 15 is 0 Å². The third-order valence-corrected chi connectivity index (χ3v) is 5.10. The van der Waals surface area contributed by atoms with Gasteiger partial charge in [-0.25, -0.2) is 8.78 Å². The molecule has 0 aromatic heterocycles. The standard InChI is InChI=1S/C22H24F4O3/c1-13-3-6-18(29-12-13)14-4-5-15(17(24)11-14)16(23)9-10-28-20-8-7-19(27-2)21(25)22(20)26/h4-5,7-8,11,13,16,18H,3,6,9-10,12H2,1-2H3. The minimum Gasteiger partial charge on any atom is -0.494 e. The second-order valence-corrected chi connectivity index (χ2v) is 7.28. The topological polar surface area (TPSA) is 27.7 Å². The van der Waals surface area contributed by atoms with Gasteiger partial charge in [-0.3, -0.25) is 0 Å². The van der Waals surface area contributed by atoms with Crippen LogP contribution in [-0.2, 0) is 4.74 Å². The highest BCUT2D eigenvalue weighted by atomic mass is 19.2. The van der Waals surface area contributed by atoms with E-state index in [2.05, 4.69) is 11.7 Å². The van der Waals surface area contributed by atoms with Crippen LogP contribution >= 0.6 is 0 Å². The van der Waals surface area contributed by atoms with Crippen LogP contribution in [0.5, 0.6) is 11.5 Å². The van der Waals surface area contributed by atoms with Gasteiger partial charge in [0.25, 0.3) is 0 Å². The number of alkyl halides is 1. The Morgan fingerprint density at radius 2 is 1.79 bits per heavy atom. The number of benzene rings is 2. The maximum Gasteiger partial charge on any atom is 0.204 e. The molecule has 1 aliphatic heterocycles. The second-order valence-electron chi connectivity index (χ2n) is 7.28. The van der Waals surface area contributed by atoms with E-state index in [1.54, 1.807) is 6.07 Å². The van der Waals surface area contributed by atoms with Gasteiger partial charge >= 0.3 is 0 Å². The van der Waals surface area contributed by atoms with Crippen molar-refractivity contribution in [1.82, 2.24) is 0 Å². The minimum atomic E-state index is -1.64. The summed E-state index contributed by atoms with van der Waals surface area (Å²) >= 11 is 0. The van der Waals surface area contributed by atoms with Crippen molar-refractivity contribution in [1.29, 1.82) is 0 Å². The maximum atomic E-state index is 14.5. The SMILES string of the molecule is COc1ccc(OCCC(F)c2ccc(C3CCC(C)CO3)cc2F)c(F)c1F. The highest BCUT2D eigenvalue weighted by molar-refractivity contribution is 5.35.